The van der Waals surface area contributed by atoms with Crippen LogP contribution in [0.25, 0.3) is 10.9 Å². The molecule has 1 aromatic heterocycles. The van der Waals surface area contributed by atoms with Gasteiger partial charge in [0.05, 0.1) is 18.3 Å². The van der Waals surface area contributed by atoms with Gasteiger partial charge in [-0.25, -0.2) is 0 Å². The molecule has 0 bridgehead atoms. The average Bonchev–Trinajstić information content (AvgIpc) is 3.00. The monoisotopic (exact) mass is 387 g/mol. The van der Waals surface area contributed by atoms with Gasteiger partial charge < -0.3 is 18.3 Å². The molecule has 0 aliphatic carbocycles. The lowest BCUT2D eigenvalue weighted by Crippen LogP contribution is -2.45. The Kier molecular flexibility index (Phi) is 4.65. The van der Waals surface area contributed by atoms with E-state index < -0.39 is 8.24 Å². The molecule has 0 spiro atoms. The third-order valence-corrected chi connectivity index (χ3v) is 12.2. The zero-order chi connectivity index (χ0) is 20.4. The van der Waals surface area contributed by atoms with Crippen LogP contribution in [0.1, 0.15) is 48.5 Å². The summed E-state index contributed by atoms with van der Waals surface area (Å²) >= 11 is 0. The molecule has 6 heteroatoms. The highest BCUT2D eigenvalue weighted by molar-refractivity contribution is 6.80. The van der Waals surface area contributed by atoms with Crippen LogP contribution in [0.3, 0.4) is 0 Å². The van der Waals surface area contributed by atoms with Gasteiger partial charge in [-0.05, 0) is 56.4 Å². The quantitative estimate of drug-likeness (QED) is 0.709. The fourth-order valence-electron chi connectivity index (χ4n) is 3.34. The second-order valence-corrected chi connectivity index (χ2v) is 15.3. The van der Waals surface area contributed by atoms with E-state index in [2.05, 4.69) is 84.1 Å². The normalized spacial score (nSPS) is 19.7. The number of ether oxygens (including phenoxy) is 1. The van der Waals surface area contributed by atoms with Gasteiger partial charge in [0, 0.05) is 17.0 Å². The van der Waals surface area contributed by atoms with Crippen LogP contribution in [-0.4, -0.2) is 37.9 Å². The lowest BCUT2D eigenvalue weighted by Gasteiger charge is -2.38. The van der Waals surface area contributed by atoms with Crippen LogP contribution in [0.4, 0.5) is 0 Å². The maximum Gasteiger partial charge on any atom is 0.497 e. The summed E-state index contributed by atoms with van der Waals surface area (Å²) in [7, 11) is -0.478. The molecule has 0 unspecified atom stereocenters. The van der Waals surface area contributed by atoms with Gasteiger partial charge in [-0.2, -0.15) is 0 Å². The fraction of sp³-hybridized carbons (Fsp3) is 0.619. The molecule has 4 nitrogen and oxygen atoms in total. The summed E-state index contributed by atoms with van der Waals surface area (Å²) in [6.07, 6.45) is 2.27. The van der Waals surface area contributed by atoms with Crippen molar-refractivity contribution >= 4 is 31.7 Å². The second-order valence-electron chi connectivity index (χ2n) is 10.2. The Hall–Kier alpha value is -1.24. The zero-order valence-electron chi connectivity index (χ0n) is 18.6. The van der Waals surface area contributed by atoms with Crippen LogP contribution < -0.4 is 10.2 Å². The first-order chi connectivity index (χ1) is 12.2. The first-order valence-electron chi connectivity index (χ1n) is 9.76. The molecule has 0 amide bonds. The van der Waals surface area contributed by atoms with E-state index in [1.165, 1.54) is 10.9 Å². The van der Waals surface area contributed by atoms with Crippen LogP contribution in [0, 0.1) is 0 Å². The maximum absolute atomic E-state index is 6.38. The van der Waals surface area contributed by atoms with Gasteiger partial charge in [-0.1, -0.05) is 33.9 Å². The summed E-state index contributed by atoms with van der Waals surface area (Å²) in [5.41, 5.74) is 1.60. The van der Waals surface area contributed by atoms with Crippen molar-refractivity contribution in [3.8, 4) is 5.75 Å². The van der Waals surface area contributed by atoms with Crippen molar-refractivity contribution in [1.29, 1.82) is 0 Å². The van der Waals surface area contributed by atoms with Gasteiger partial charge in [-0.15, -0.1) is 0 Å². The first-order valence-corrected chi connectivity index (χ1v) is 12.7. The smallest absolute Gasteiger partial charge is 0.497 e. The number of fused-ring (bicyclic) bond motifs is 1. The number of hydrogen-bond donors (Lipinski definition) is 0. The van der Waals surface area contributed by atoms with Gasteiger partial charge >= 0.3 is 7.12 Å². The van der Waals surface area contributed by atoms with Crippen LogP contribution in [0.2, 0.25) is 18.1 Å². The molecule has 1 aromatic carbocycles. The molecule has 0 saturated carbocycles. The van der Waals surface area contributed by atoms with Crippen molar-refractivity contribution in [3.63, 3.8) is 0 Å². The van der Waals surface area contributed by atoms with Crippen LogP contribution in [0.5, 0.6) is 5.75 Å². The summed E-state index contributed by atoms with van der Waals surface area (Å²) in [5, 5.41) is 1.38. The van der Waals surface area contributed by atoms with Gasteiger partial charge in [0.15, 0.2) is 8.24 Å². The maximum atomic E-state index is 6.38. The van der Waals surface area contributed by atoms with E-state index in [1.807, 2.05) is 6.07 Å². The molecular formula is C21H34BNO3Si. The average molecular weight is 387 g/mol. The van der Waals surface area contributed by atoms with Crippen molar-refractivity contribution in [3.05, 3.63) is 24.4 Å². The van der Waals surface area contributed by atoms with Crippen LogP contribution in [0.15, 0.2) is 24.4 Å². The molecule has 0 radical (unpaired) electrons. The van der Waals surface area contributed by atoms with E-state index >= 15 is 0 Å². The largest absolute Gasteiger partial charge is 0.497 e. The molecule has 1 fully saturated rings. The molecule has 1 aliphatic rings. The highest BCUT2D eigenvalue weighted by Gasteiger charge is 2.53. The van der Waals surface area contributed by atoms with Crippen molar-refractivity contribution in [2.24, 2.45) is 0 Å². The molecule has 3 rings (SSSR count). The van der Waals surface area contributed by atoms with E-state index in [0.717, 1.165) is 11.2 Å². The molecule has 27 heavy (non-hydrogen) atoms. The Morgan fingerprint density at radius 2 is 1.59 bits per heavy atom. The standard InChI is InChI=1S/C21H34BNO3Si/c1-19(2,3)27(9,10)23-14-17(16-12-11-15(24-8)13-18(16)23)22-25-20(4,5)21(6,7)26-22/h11-14H,1-10H3. The Balaban J connectivity index is 2.22. The van der Waals surface area contributed by atoms with Crippen molar-refractivity contribution in [2.75, 3.05) is 7.11 Å². The van der Waals surface area contributed by atoms with E-state index in [4.69, 9.17) is 14.0 Å². The molecule has 1 saturated heterocycles. The highest BCUT2D eigenvalue weighted by Crippen LogP contribution is 2.41. The lowest BCUT2D eigenvalue weighted by atomic mass is 9.79. The number of aromatic nitrogens is 1. The Labute approximate surface area is 165 Å². The predicted octanol–water partition coefficient (Wildman–Crippen LogP) is 4.80. The van der Waals surface area contributed by atoms with Gasteiger partial charge in [0.1, 0.15) is 5.75 Å². The van der Waals surface area contributed by atoms with Gasteiger partial charge in [0.2, 0.25) is 0 Å². The van der Waals surface area contributed by atoms with E-state index in [1.54, 1.807) is 7.11 Å². The molecule has 0 atom stereocenters. The second kappa shape index (κ2) is 6.13. The third kappa shape index (κ3) is 3.16. The number of nitrogens with zero attached hydrogens (tertiary/aromatic N) is 1. The highest BCUT2D eigenvalue weighted by atomic mass is 28.3. The van der Waals surface area contributed by atoms with Crippen LogP contribution >= 0.6 is 0 Å². The molecular weight excluding hydrogens is 353 g/mol. The lowest BCUT2D eigenvalue weighted by molar-refractivity contribution is 0.00578. The molecule has 2 aromatic rings. The predicted molar refractivity (Wildman–Crippen MR) is 117 cm³/mol. The third-order valence-electron chi connectivity index (χ3n) is 6.99. The van der Waals surface area contributed by atoms with Gasteiger partial charge in [0.25, 0.3) is 0 Å². The number of hydrogen-bond acceptors (Lipinski definition) is 3. The van der Waals surface area contributed by atoms with E-state index in [-0.39, 0.29) is 23.4 Å². The zero-order valence-corrected chi connectivity index (χ0v) is 19.6. The summed E-state index contributed by atoms with van der Waals surface area (Å²) in [4.78, 5) is 0. The molecule has 0 N–H and O–H groups in total. The SMILES string of the molecule is COc1ccc2c(B3OC(C)(C)C(C)(C)O3)cn([Si](C)(C)C(C)(C)C)c2c1. The van der Waals surface area contributed by atoms with Crippen LogP contribution in [-0.2, 0) is 9.31 Å². The van der Waals surface area contributed by atoms with Crippen molar-refractivity contribution < 1.29 is 14.0 Å². The van der Waals surface area contributed by atoms with E-state index in [0.29, 0.717) is 0 Å². The molecule has 1 aliphatic heterocycles. The summed E-state index contributed by atoms with van der Waals surface area (Å²) in [6.45, 7) is 20.2. The first kappa shape index (κ1) is 20.5. The summed E-state index contributed by atoms with van der Waals surface area (Å²) in [6, 6.07) is 6.30. The Morgan fingerprint density at radius 1 is 1.04 bits per heavy atom. The van der Waals surface area contributed by atoms with Gasteiger partial charge in [-0.3, -0.25) is 0 Å². The Bertz CT molecular complexity index is 848. The topological polar surface area (TPSA) is 32.6 Å². The Morgan fingerprint density at radius 3 is 2.07 bits per heavy atom. The minimum Gasteiger partial charge on any atom is -0.497 e. The minimum absolute atomic E-state index is 0.204. The summed E-state index contributed by atoms with van der Waals surface area (Å²) < 4.78 is 20.8. The minimum atomic E-state index is -1.83. The molecule has 148 valence electrons. The summed E-state index contributed by atoms with van der Waals surface area (Å²) in [5.74, 6) is 0.876. The van der Waals surface area contributed by atoms with Crippen molar-refractivity contribution in [2.45, 2.75) is 77.8 Å². The van der Waals surface area contributed by atoms with Crippen molar-refractivity contribution in [1.82, 2.24) is 4.23 Å². The number of benzene rings is 1. The fourth-order valence-corrected chi connectivity index (χ4v) is 5.31. The van der Waals surface area contributed by atoms with E-state index in [9.17, 15) is 0 Å². The molecule has 2 heterocycles. The number of methoxy groups -OCH3 is 1. The number of rotatable bonds is 3.